The molecule has 0 saturated carbocycles. The first-order valence-corrected chi connectivity index (χ1v) is 2.49. The maximum atomic E-state index is 3.81. The van der Waals surface area contributed by atoms with E-state index in [1.54, 1.807) is 14.0 Å². The van der Waals surface area contributed by atoms with E-state index in [4.69, 9.17) is 0 Å². The molecule has 0 atom stereocenters. The largest absolute Gasteiger partial charge is 0.171 e. The molecule has 4 heteroatoms. The summed E-state index contributed by atoms with van der Waals surface area (Å²) in [7, 11) is 1.74. The summed E-state index contributed by atoms with van der Waals surface area (Å²) in [6.45, 7) is 7.80. The van der Waals surface area contributed by atoms with Crippen LogP contribution in [0.1, 0.15) is 5.82 Å². The number of tetrazole rings is 1. The molecule has 1 heterocycles. The van der Waals surface area contributed by atoms with Gasteiger partial charge in [0.25, 0.3) is 0 Å². The molecule has 0 spiro atoms. The van der Waals surface area contributed by atoms with Gasteiger partial charge in [-0.05, 0) is 12.1 Å². The van der Waals surface area contributed by atoms with E-state index in [0.29, 0.717) is 5.82 Å². The summed E-state index contributed by atoms with van der Waals surface area (Å²) in [5.74, 6) is 0.711. The van der Waals surface area contributed by atoms with Crippen molar-refractivity contribution >= 4 is 0 Å². The van der Waals surface area contributed by atoms with Crippen LogP contribution in [0.3, 0.4) is 0 Å². The molecule has 0 unspecified atom stereocenters. The molecule has 0 fully saturated rings. The Bertz CT molecular complexity index is 153. The molecule has 0 saturated heterocycles. The van der Waals surface area contributed by atoms with Crippen LogP contribution < -0.4 is 0 Å². The highest BCUT2D eigenvalue weighted by Crippen LogP contribution is 1.74. The molecule has 0 aliphatic heterocycles. The highest BCUT2D eigenvalue weighted by Gasteiger charge is 1.85. The fraction of sp³-hybridized carbons (Fsp3) is 0.400. The average molecular weight is 126 g/mol. The molecule has 0 bridgehead atoms. The van der Waals surface area contributed by atoms with Crippen LogP contribution in [0.2, 0.25) is 0 Å². The van der Waals surface area contributed by atoms with Crippen LogP contribution in [0.25, 0.3) is 0 Å². The van der Waals surface area contributed by atoms with Crippen molar-refractivity contribution in [1.29, 1.82) is 0 Å². The van der Waals surface area contributed by atoms with Crippen molar-refractivity contribution < 1.29 is 0 Å². The van der Waals surface area contributed by atoms with Crippen LogP contribution in [-0.4, -0.2) is 20.2 Å². The van der Waals surface area contributed by atoms with Crippen molar-refractivity contribution in [2.45, 2.75) is 6.92 Å². The normalized spacial score (nSPS) is 7.78. The first-order chi connectivity index (χ1) is 4.29. The Morgan fingerprint density at radius 1 is 1.44 bits per heavy atom. The molecular formula is C5H10N4. The lowest BCUT2D eigenvalue weighted by molar-refractivity contribution is 0.629. The summed E-state index contributed by atoms with van der Waals surface area (Å²) >= 11 is 0. The number of aromatic nitrogens is 4. The third kappa shape index (κ3) is 2.58. The van der Waals surface area contributed by atoms with Crippen molar-refractivity contribution in [1.82, 2.24) is 20.2 Å². The molecule has 4 nitrogen and oxygen atoms in total. The number of aryl methyl sites for hydroxylation is 2. The maximum absolute atomic E-state index is 3.81. The Balaban J connectivity index is 0.000000291. The quantitative estimate of drug-likeness (QED) is 0.470. The fourth-order valence-corrected chi connectivity index (χ4v) is 0.379. The molecule has 0 radical (unpaired) electrons. The van der Waals surface area contributed by atoms with Gasteiger partial charge in [0.2, 0.25) is 0 Å². The zero-order valence-corrected chi connectivity index (χ0v) is 5.70. The SMILES string of the molecule is C=C.Cc1nnn(C)n1. The molecule has 0 aromatic carbocycles. The van der Waals surface area contributed by atoms with E-state index in [2.05, 4.69) is 28.6 Å². The van der Waals surface area contributed by atoms with Gasteiger partial charge in [0.1, 0.15) is 0 Å². The summed E-state index contributed by atoms with van der Waals surface area (Å²) in [5.41, 5.74) is 0. The minimum atomic E-state index is 0.711. The first-order valence-electron chi connectivity index (χ1n) is 2.49. The summed E-state index contributed by atoms with van der Waals surface area (Å²) in [6, 6.07) is 0. The third-order valence-electron chi connectivity index (χ3n) is 0.608. The third-order valence-corrected chi connectivity index (χ3v) is 0.608. The lowest BCUT2D eigenvalue weighted by Crippen LogP contribution is -1.91. The minimum Gasteiger partial charge on any atom is -0.167 e. The Labute approximate surface area is 54.2 Å². The number of nitrogens with zero attached hydrogens (tertiary/aromatic N) is 4. The Kier molecular flexibility index (Phi) is 3.27. The van der Waals surface area contributed by atoms with Crippen LogP contribution in [0, 0.1) is 6.92 Å². The highest BCUT2D eigenvalue weighted by atomic mass is 15.6. The van der Waals surface area contributed by atoms with Crippen molar-refractivity contribution in [3.63, 3.8) is 0 Å². The second-order valence-corrected chi connectivity index (χ2v) is 1.33. The molecule has 0 N–H and O–H groups in total. The Morgan fingerprint density at radius 2 is 2.00 bits per heavy atom. The van der Waals surface area contributed by atoms with Crippen molar-refractivity contribution in [3.8, 4) is 0 Å². The smallest absolute Gasteiger partial charge is 0.167 e. The van der Waals surface area contributed by atoms with E-state index in [9.17, 15) is 0 Å². The lowest BCUT2D eigenvalue weighted by atomic mass is 10.8. The molecule has 9 heavy (non-hydrogen) atoms. The zero-order chi connectivity index (χ0) is 7.28. The van der Waals surface area contributed by atoms with Gasteiger partial charge in [0.15, 0.2) is 5.82 Å². The predicted octanol–water partition coefficient (Wildman–Crippen LogP) is 0.321. The van der Waals surface area contributed by atoms with Crippen LogP contribution >= 0.6 is 0 Å². The molecule has 0 amide bonds. The molecule has 1 aromatic rings. The molecule has 1 rings (SSSR count). The minimum absolute atomic E-state index is 0.711. The number of rotatable bonds is 0. The van der Waals surface area contributed by atoms with Crippen molar-refractivity contribution in [3.05, 3.63) is 19.0 Å². The van der Waals surface area contributed by atoms with Crippen LogP contribution in [0.4, 0.5) is 0 Å². The van der Waals surface area contributed by atoms with Gasteiger partial charge in [-0.1, -0.05) is 0 Å². The number of hydrogen-bond acceptors (Lipinski definition) is 3. The van der Waals surface area contributed by atoms with E-state index >= 15 is 0 Å². The van der Waals surface area contributed by atoms with Gasteiger partial charge in [-0.15, -0.1) is 23.4 Å². The standard InChI is InChI=1S/C3H6N4.C2H4/c1-3-4-6-7(2)5-3;1-2/h1-2H3;1-2H2. The molecule has 0 aliphatic carbocycles. The summed E-state index contributed by atoms with van der Waals surface area (Å²) in [6.07, 6.45) is 0. The molecule has 1 aromatic heterocycles. The Morgan fingerprint density at radius 3 is 2.11 bits per heavy atom. The molecular weight excluding hydrogens is 116 g/mol. The predicted molar refractivity (Wildman–Crippen MR) is 34.8 cm³/mol. The van der Waals surface area contributed by atoms with Crippen LogP contribution in [0.5, 0.6) is 0 Å². The van der Waals surface area contributed by atoms with Gasteiger partial charge < -0.3 is 0 Å². The van der Waals surface area contributed by atoms with Gasteiger partial charge in [-0.3, -0.25) is 0 Å². The van der Waals surface area contributed by atoms with Crippen molar-refractivity contribution in [2.75, 3.05) is 0 Å². The zero-order valence-electron chi connectivity index (χ0n) is 5.70. The van der Waals surface area contributed by atoms with Gasteiger partial charge in [-0.2, -0.15) is 4.80 Å². The van der Waals surface area contributed by atoms with Gasteiger partial charge in [0.05, 0.1) is 7.05 Å². The van der Waals surface area contributed by atoms with E-state index in [-0.39, 0.29) is 0 Å². The topological polar surface area (TPSA) is 43.6 Å². The van der Waals surface area contributed by atoms with Gasteiger partial charge in [0, 0.05) is 0 Å². The van der Waals surface area contributed by atoms with E-state index < -0.39 is 0 Å². The number of hydrogen-bond donors (Lipinski definition) is 0. The monoisotopic (exact) mass is 126 g/mol. The van der Waals surface area contributed by atoms with Crippen LogP contribution in [0.15, 0.2) is 13.2 Å². The van der Waals surface area contributed by atoms with E-state index in [1.807, 2.05) is 0 Å². The van der Waals surface area contributed by atoms with Gasteiger partial charge in [-0.25, -0.2) is 0 Å². The maximum Gasteiger partial charge on any atom is 0.171 e. The first kappa shape index (κ1) is 7.81. The fourth-order valence-electron chi connectivity index (χ4n) is 0.379. The summed E-state index contributed by atoms with van der Waals surface area (Å²) in [5, 5.41) is 11.0. The van der Waals surface area contributed by atoms with E-state index in [0.717, 1.165) is 0 Å². The second kappa shape index (κ2) is 3.77. The summed E-state index contributed by atoms with van der Waals surface area (Å²) in [4.78, 5) is 1.43. The second-order valence-electron chi connectivity index (χ2n) is 1.33. The Hall–Kier alpha value is -1.19. The van der Waals surface area contributed by atoms with Gasteiger partial charge >= 0.3 is 0 Å². The summed E-state index contributed by atoms with van der Waals surface area (Å²) < 4.78 is 0. The average Bonchev–Trinajstić information content (AvgIpc) is 2.20. The molecule has 0 aliphatic rings. The lowest BCUT2D eigenvalue weighted by Gasteiger charge is -1.73. The van der Waals surface area contributed by atoms with Crippen molar-refractivity contribution in [2.24, 2.45) is 7.05 Å². The molecule has 50 valence electrons. The highest BCUT2D eigenvalue weighted by molar-refractivity contribution is 4.65. The van der Waals surface area contributed by atoms with E-state index in [1.165, 1.54) is 4.80 Å². The van der Waals surface area contributed by atoms with Crippen LogP contribution in [-0.2, 0) is 7.05 Å².